The number of carbonyl (C=O) groups is 2. The van der Waals surface area contributed by atoms with Crippen molar-refractivity contribution in [2.75, 3.05) is 16.0 Å². The van der Waals surface area contributed by atoms with Crippen LogP contribution in [0.25, 0.3) is 0 Å². The third-order valence-corrected chi connectivity index (χ3v) is 3.70. The third kappa shape index (κ3) is 3.04. The minimum atomic E-state index is -0.614. The molecule has 1 aliphatic heterocycles. The molecule has 0 aromatic heterocycles. The minimum Gasteiger partial charge on any atom is -0.372 e. The molecule has 0 spiro atoms. The Balaban J connectivity index is 1.67. The van der Waals surface area contributed by atoms with Crippen molar-refractivity contribution in [3.63, 3.8) is 0 Å². The van der Waals surface area contributed by atoms with Gasteiger partial charge in [0.05, 0.1) is 28.5 Å². The van der Waals surface area contributed by atoms with Crippen molar-refractivity contribution in [1.29, 1.82) is 0 Å². The van der Waals surface area contributed by atoms with Crippen molar-refractivity contribution in [2.45, 2.75) is 12.5 Å². The molecule has 1 heterocycles. The van der Waals surface area contributed by atoms with Gasteiger partial charge in [-0.05, 0) is 24.3 Å². The second-order valence-corrected chi connectivity index (χ2v) is 5.37. The van der Waals surface area contributed by atoms with Crippen LogP contribution in [0, 0.1) is 0 Å². The first-order valence-electron chi connectivity index (χ1n) is 6.84. The quantitative estimate of drug-likeness (QED) is 0.815. The maximum absolute atomic E-state index is 12.1. The minimum absolute atomic E-state index is 0.0192. The van der Waals surface area contributed by atoms with E-state index in [0.717, 1.165) is 11.4 Å². The molecule has 2 amide bonds. The second kappa shape index (κ2) is 6.07. The largest absolute Gasteiger partial charge is 0.372 e. The summed E-state index contributed by atoms with van der Waals surface area (Å²) < 4.78 is 0. The summed E-state index contributed by atoms with van der Waals surface area (Å²) in [5, 5.41) is 9.03. The number of amides is 2. The SMILES string of the molecule is O=C(CC1Nc2ccccc2NC1=O)Nc1ccccc1Cl. The third-order valence-electron chi connectivity index (χ3n) is 3.37. The van der Waals surface area contributed by atoms with Gasteiger partial charge in [0.1, 0.15) is 6.04 Å². The molecule has 3 rings (SSSR count). The first kappa shape index (κ1) is 14.4. The van der Waals surface area contributed by atoms with Crippen LogP contribution in [0.15, 0.2) is 48.5 Å². The van der Waals surface area contributed by atoms with Gasteiger partial charge in [0.15, 0.2) is 0 Å². The Kier molecular flexibility index (Phi) is 3.98. The lowest BCUT2D eigenvalue weighted by atomic mass is 10.1. The highest BCUT2D eigenvalue weighted by Crippen LogP contribution is 2.27. The summed E-state index contributed by atoms with van der Waals surface area (Å²) in [5.41, 5.74) is 2.05. The summed E-state index contributed by atoms with van der Waals surface area (Å²) in [5.74, 6) is -0.506. The van der Waals surface area contributed by atoms with E-state index in [1.54, 1.807) is 30.3 Å². The molecular weight excluding hydrogens is 302 g/mol. The molecule has 1 atom stereocenters. The Hall–Kier alpha value is -2.53. The van der Waals surface area contributed by atoms with E-state index in [1.165, 1.54) is 0 Å². The lowest BCUT2D eigenvalue weighted by Gasteiger charge is -2.26. The van der Waals surface area contributed by atoms with Gasteiger partial charge in [0, 0.05) is 0 Å². The van der Waals surface area contributed by atoms with Crippen LogP contribution in [0.1, 0.15) is 6.42 Å². The lowest BCUT2D eigenvalue weighted by Crippen LogP contribution is -2.41. The Morgan fingerprint density at radius 3 is 2.55 bits per heavy atom. The molecule has 0 bridgehead atoms. The molecule has 5 nitrogen and oxygen atoms in total. The number of rotatable bonds is 3. The maximum atomic E-state index is 12.1. The lowest BCUT2D eigenvalue weighted by molar-refractivity contribution is -0.122. The van der Waals surface area contributed by atoms with E-state index in [2.05, 4.69) is 16.0 Å². The highest BCUT2D eigenvalue weighted by Gasteiger charge is 2.27. The number of nitrogens with one attached hydrogen (secondary N) is 3. The van der Waals surface area contributed by atoms with Crippen LogP contribution in [0.5, 0.6) is 0 Å². The average molecular weight is 316 g/mol. The molecule has 1 unspecified atom stereocenters. The predicted molar refractivity (Wildman–Crippen MR) is 87.2 cm³/mol. The Morgan fingerprint density at radius 1 is 1.09 bits per heavy atom. The Labute approximate surface area is 132 Å². The van der Waals surface area contributed by atoms with Crippen molar-refractivity contribution in [3.05, 3.63) is 53.6 Å². The van der Waals surface area contributed by atoms with Gasteiger partial charge in [-0.25, -0.2) is 0 Å². The summed E-state index contributed by atoms with van der Waals surface area (Å²) in [7, 11) is 0. The van der Waals surface area contributed by atoms with Gasteiger partial charge >= 0.3 is 0 Å². The van der Waals surface area contributed by atoms with Gasteiger partial charge in [-0.2, -0.15) is 0 Å². The fourth-order valence-corrected chi connectivity index (χ4v) is 2.47. The molecule has 0 radical (unpaired) electrons. The summed E-state index contributed by atoms with van der Waals surface area (Å²) in [6.45, 7) is 0. The van der Waals surface area contributed by atoms with Gasteiger partial charge in [0.2, 0.25) is 11.8 Å². The van der Waals surface area contributed by atoms with E-state index >= 15 is 0 Å². The van der Waals surface area contributed by atoms with Crippen LogP contribution in [-0.4, -0.2) is 17.9 Å². The number of fused-ring (bicyclic) bond motifs is 1. The molecule has 2 aromatic carbocycles. The van der Waals surface area contributed by atoms with Gasteiger partial charge in [-0.3, -0.25) is 9.59 Å². The Morgan fingerprint density at radius 2 is 1.77 bits per heavy atom. The number of para-hydroxylation sites is 3. The molecule has 6 heteroatoms. The van der Waals surface area contributed by atoms with E-state index in [0.29, 0.717) is 10.7 Å². The zero-order valence-electron chi connectivity index (χ0n) is 11.6. The van der Waals surface area contributed by atoms with Crippen LogP contribution in [0.2, 0.25) is 5.02 Å². The van der Waals surface area contributed by atoms with Crippen molar-refractivity contribution in [2.24, 2.45) is 0 Å². The molecule has 22 heavy (non-hydrogen) atoms. The normalized spacial score (nSPS) is 16.2. The van der Waals surface area contributed by atoms with Gasteiger partial charge < -0.3 is 16.0 Å². The summed E-state index contributed by atoms with van der Waals surface area (Å²) in [6.07, 6.45) is 0.0192. The second-order valence-electron chi connectivity index (χ2n) is 4.96. The highest BCUT2D eigenvalue weighted by atomic mass is 35.5. The van der Waals surface area contributed by atoms with Crippen LogP contribution in [0.3, 0.4) is 0 Å². The monoisotopic (exact) mass is 315 g/mol. The predicted octanol–water partition coefficient (Wildman–Crippen LogP) is 3.10. The summed E-state index contributed by atoms with van der Waals surface area (Å²) >= 11 is 6.00. The van der Waals surface area contributed by atoms with Crippen molar-refractivity contribution >= 4 is 40.5 Å². The average Bonchev–Trinajstić information content (AvgIpc) is 2.50. The molecule has 3 N–H and O–H groups in total. The van der Waals surface area contributed by atoms with E-state index in [-0.39, 0.29) is 18.2 Å². The maximum Gasteiger partial charge on any atom is 0.247 e. The van der Waals surface area contributed by atoms with Crippen LogP contribution in [0.4, 0.5) is 17.1 Å². The molecule has 0 fully saturated rings. The zero-order valence-corrected chi connectivity index (χ0v) is 12.4. The Bertz CT molecular complexity index is 733. The molecule has 2 aromatic rings. The van der Waals surface area contributed by atoms with E-state index < -0.39 is 6.04 Å². The first-order chi connectivity index (χ1) is 10.6. The van der Waals surface area contributed by atoms with Gasteiger partial charge in [0.25, 0.3) is 0 Å². The molecule has 0 aliphatic carbocycles. The smallest absolute Gasteiger partial charge is 0.247 e. The zero-order chi connectivity index (χ0) is 15.5. The van der Waals surface area contributed by atoms with E-state index in [9.17, 15) is 9.59 Å². The van der Waals surface area contributed by atoms with Crippen molar-refractivity contribution in [3.8, 4) is 0 Å². The van der Waals surface area contributed by atoms with Crippen LogP contribution < -0.4 is 16.0 Å². The van der Waals surface area contributed by atoms with Crippen molar-refractivity contribution < 1.29 is 9.59 Å². The molecule has 0 saturated carbocycles. The van der Waals surface area contributed by atoms with Crippen LogP contribution in [-0.2, 0) is 9.59 Å². The number of halogens is 1. The highest BCUT2D eigenvalue weighted by molar-refractivity contribution is 6.33. The number of hydrogen-bond acceptors (Lipinski definition) is 3. The molecule has 1 aliphatic rings. The fraction of sp³-hybridized carbons (Fsp3) is 0.125. The summed E-state index contributed by atoms with van der Waals surface area (Å²) in [6, 6.07) is 13.7. The van der Waals surface area contributed by atoms with Gasteiger partial charge in [-0.1, -0.05) is 35.9 Å². The fourth-order valence-electron chi connectivity index (χ4n) is 2.28. The first-order valence-corrected chi connectivity index (χ1v) is 7.22. The summed E-state index contributed by atoms with van der Waals surface area (Å²) in [4.78, 5) is 24.1. The standard InChI is InChI=1S/C16H14ClN3O2/c17-10-5-1-2-6-11(10)19-15(21)9-14-16(22)20-13-8-4-3-7-12(13)18-14/h1-8,14,18H,9H2,(H,19,21)(H,20,22). The van der Waals surface area contributed by atoms with Gasteiger partial charge in [-0.15, -0.1) is 0 Å². The topological polar surface area (TPSA) is 70.2 Å². The van der Waals surface area contributed by atoms with E-state index in [1.807, 2.05) is 18.2 Å². The van der Waals surface area contributed by atoms with Crippen molar-refractivity contribution in [1.82, 2.24) is 0 Å². The molecular formula is C16H14ClN3O2. The number of hydrogen-bond donors (Lipinski definition) is 3. The number of benzene rings is 2. The van der Waals surface area contributed by atoms with E-state index in [4.69, 9.17) is 11.6 Å². The molecule has 112 valence electrons. The van der Waals surface area contributed by atoms with Crippen LogP contribution >= 0.6 is 11.6 Å². The number of anilines is 3. The number of carbonyl (C=O) groups excluding carboxylic acids is 2. The molecule has 0 saturated heterocycles.